The van der Waals surface area contributed by atoms with Crippen LogP contribution in [0.15, 0.2) is 91.3 Å². The molecule has 0 radical (unpaired) electrons. The van der Waals surface area contributed by atoms with Crippen molar-refractivity contribution in [3.05, 3.63) is 140 Å². The number of nitrogens with zero attached hydrogens (tertiary/aromatic N) is 5. The number of hydrogen-bond donors (Lipinski definition) is 1. The molecule has 13 nitrogen and oxygen atoms in total. The Morgan fingerprint density at radius 1 is 0.903 bits per heavy atom. The Morgan fingerprint density at radius 3 is 2.44 bits per heavy atom. The number of aliphatic hydroxyl groups excluding tert-OH is 1. The summed E-state index contributed by atoms with van der Waals surface area (Å²) in [6, 6.07) is 24.5. The highest BCUT2D eigenvalue weighted by Crippen LogP contribution is 2.38. The Bertz CT molecular complexity index is 2420. The molecule has 5 aromatic rings. The Morgan fingerprint density at radius 2 is 1.68 bits per heavy atom. The fourth-order valence-electron chi connectivity index (χ4n) is 8.05. The van der Waals surface area contributed by atoms with E-state index in [1.807, 2.05) is 29.2 Å². The van der Waals surface area contributed by atoms with Crippen molar-refractivity contribution < 1.29 is 33.8 Å². The van der Waals surface area contributed by atoms with Crippen LogP contribution in [0.1, 0.15) is 65.5 Å². The lowest BCUT2D eigenvalue weighted by atomic mass is 9.93. The fourth-order valence-corrected chi connectivity index (χ4v) is 8.30. The predicted molar refractivity (Wildman–Crippen MR) is 234 cm³/mol. The van der Waals surface area contributed by atoms with Crippen molar-refractivity contribution >= 4 is 23.3 Å². The van der Waals surface area contributed by atoms with E-state index >= 15 is 0 Å². The van der Waals surface area contributed by atoms with Crippen LogP contribution in [0.25, 0.3) is 11.1 Å². The molecule has 322 valence electrons. The molecular formula is C48H50ClN5O8. The standard InChI is InChI=1S/C48H50ClN5O8/c1-32-36(8-5-9-41(32)42-10-6-12-45(33(42)2)59-21-7-18-52-20-17-39(55)29-52)31-61-47-24-46(60-30-35-22-34(25-50)26-51-27-35)37(23-43(47)49)28-53-19-4-3-11-44(53)48(56)62-40-15-13-38(14-16-40)54(57)58/h5-6,8-10,12-16,22-24,26-27,39,44,55H,3-4,7,11,17-21,28-31H2,1-2H3/t39-,44+/m1/s1. The number of hydrogen-bond acceptors (Lipinski definition) is 12. The molecule has 62 heavy (non-hydrogen) atoms. The summed E-state index contributed by atoms with van der Waals surface area (Å²) in [5.41, 5.74) is 6.99. The smallest absolute Gasteiger partial charge is 0.328 e. The molecule has 4 aromatic carbocycles. The third kappa shape index (κ3) is 11.1. The van der Waals surface area contributed by atoms with E-state index in [9.17, 15) is 25.3 Å². The molecule has 0 spiro atoms. The van der Waals surface area contributed by atoms with E-state index < -0.39 is 16.9 Å². The van der Waals surface area contributed by atoms with Gasteiger partial charge < -0.3 is 29.0 Å². The van der Waals surface area contributed by atoms with Gasteiger partial charge in [-0.1, -0.05) is 48.4 Å². The molecule has 1 N–H and O–H groups in total. The third-order valence-corrected chi connectivity index (χ3v) is 11.8. The second kappa shape index (κ2) is 20.7. The van der Waals surface area contributed by atoms with Crippen molar-refractivity contribution in [3.63, 3.8) is 0 Å². The first-order chi connectivity index (χ1) is 30.1. The van der Waals surface area contributed by atoms with Gasteiger partial charge in [0.15, 0.2) is 0 Å². The molecule has 0 amide bonds. The van der Waals surface area contributed by atoms with Gasteiger partial charge >= 0.3 is 5.97 Å². The van der Waals surface area contributed by atoms with Crippen LogP contribution < -0.4 is 18.9 Å². The van der Waals surface area contributed by atoms with Gasteiger partial charge in [-0.05, 0) is 104 Å². The molecule has 3 heterocycles. The number of non-ortho nitro benzene ring substituents is 1. The zero-order valence-electron chi connectivity index (χ0n) is 34.9. The first-order valence-electron chi connectivity index (χ1n) is 20.9. The number of ether oxygens (including phenoxy) is 4. The molecule has 0 unspecified atom stereocenters. The van der Waals surface area contributed by atoms with Gasteiger partial charge in [-0.2, -0.15) is 5.26 Å². The lowest BCUT2D eigenvalue weighted by molar-refractivity contribution is -0.384. The number of pyridine rings is 1. The van der Waals surface area contributed by atoms with Crippen molar-refractivity contribution in [1.82, 2.24) is 14.8 Å². The average molecular weight is 860 g/mol. The van der Waals surface area contributed by atoms with Gasteiger partial charge in [-0.3, -0.25) is 20.0 Å². The summed E-state index contributed by atoms with van der Waals surface area (Å²) >= 11 is 6.97. The van der Waals surface area contributed by atoms with Gasteiger partial charge in [-0.25, -0.2) is 4.79 Å². The lowest BCUT2D eigenvalue weighted by Gasteiger charge is -2.34. The summed E-state index contributed by atoms with van der Waals surface area (Å²) in [7, 11) is 0. The number of benzene rings is 4. The van der Waals surface area contributed by atoms with Crippen LogP contribution in [0.4, 0.5) is 5.69 Å². The maximum absolute atomic E-state index is 13.5. The Kier molecular flexibility index (Phi) is 14.7. The summed E-state index contributed by atoms with van der Waals surface area (Å²) in [4.78, 5) is 32.6. The summed E-state index contributed by atoms with van der Waals surface area (Å²) in [6.07, 6.45) is 6.90. The number of β-amino-alcohol motifs (C(OH)–C–C–N with tert-alkyl or cyclic N) is 1. The monoisotopic (exact) mass is 859 g/mol. The number of rotatable bonds is 17. The molecule has 7 rings (SSSR count). The summed E-state index contributed by atoms with van der Waals surface area (Å²) in [5, 5.41) is 30.8. The zero-order valence-corrected chi connectivity index (χ0v) is 35.7. The number of nitro benzene ring substituents is 1. The molecular weight excluding hydrogens is 810 g/mol. The van der Waals surface area contributed by atoms with Crippen LogP contribution in [0.2, 0.25) is 5.02 Å². The van der Waals surface area contributed by atoms with E-state index in [1.54, 1.807) is 24.4 Å². The van der Waals surface area contributed by atoms with Crippen LogP contribution in [0, 0.1) is 35.3 Å². The molecule has 0 bridgehead atoms. The quantitative estimate of drug-likeness (QED) is 0.0312. The van der Waals surface area contributed by atoms with Crippen LogP contribution in [-0.2, 0) is 24.6 Å². The minimum absolute atomic E-state index is 0.0928. The normalized spacial score (nSPS) is 16.7. The number of esters is 1. The van der Waals surface area contributed by atoms with Crippen molar-refractivity contribution in [2.45, 2.75) is 77.9 Å². The van der Waals surface area contributed by atoms with Crippen LogP contribution in [0.3, 0.4) is 0 Å². The van der Waals surface area contributed by atoms with Gasteiger partial charge in [-0.15, -0.1) is 0 Å². The van der Waals surface area contributed by atoms with Gasteiger partial charge in [0.25, 0.3) is 5.69 Å². The Hall–Kier alpha value is -6.04. The number of carbonyl (C=O) groups excluding carboxylic acids is 1. The topological polar surface area (TPSA) is 161 Å². The van der Waals surface area contributed by atoms with E-state index in [-0.39, 0.29) is 30.8 Å². The number of halogens is 1. The van der Waals surface area contributed by atoms with E-state index in [4.69, 9.17) is 30.5 Å². The number of carbonyl (C=O) groups is 1. The highest BCUT2D eigenvalue weighted by Gasteiger charge is 2.32. The SMILES string of the molecule is Cc1c(COc2cc(OCc3cncc(C#N)c3)c(CN3CCCC[C@H]3C(=O)Oc3ccc([N+](=O)[O-])cc3)cc2Cl)cccc1-c1cccc(OCCCN2CC[C@@H](O)C2)c1C. The number of piperidine rings is 1. The van der Waals surface area contributed by atoms with Gasteiger partial charge in [0.05, 0.1) is 28.2 Å². The molecule has 2 saturated heterocycles. The van der Waals surface area contributed by atoms with Crippen LogP contribution in [0.5, 0.6) is 23.0 Å². The summed E-state index contributed by atoms with van der Waals surface area (Å²) < 4.78 is 24.8. The molecule has 0 aliphatic carbocycles. The van der Waals surface area contributed by atoms with E-state index in [1.165, 1.54) is 30.5 Å². The zero-order chi connectivity index (χ0) is 43.6. The van der Waals surface area contributed by atoms with E-state index in [2.05, 4.69) is 41.9 Å². The minimum Gasteiger partial charge on any atom is -0.493 e. The van der Waals surface area contributed by atoms with Crippen LogP contribution in [-0.4, -0.2) is 75.7 Å². The molecule has 1 aromatic heterocycles. The van der Waals surface area contributed by atoms with E-state index in [0.29, 0.717) is 53.8 Å². The second-order valence-electron chi connectivity index (χ2n) is 15.8. The molecule has 2 fully saturated rings. The van der Waals surface area contributed by atoms with Gasteiger partial charge in [0, 0.05) is 67.9 Å². The first-order valence-corrected chi connectivity index (χ1v) is 21.3. The third-order valence-electron chi connectivity index (χ3n) is 11.5. The molecule has 0 saturated carbocycles. The Balaban J connectivity index is 1.08. The maximum Gasteiger partial charge on any atom is 0.328 e. The number of nitriles is 1. The van der Waals surface area contributed by atoms with Crippen molar-refractivity contribution in [3.8, 4) is 40.2 Å². The number of nitro groups is 1. The second-order valence-corrected chi connectivity index (χ2v) is 16.2. The fraction of sp³-hybridized carbons (Fsp3) is 0.354. The molecule has 2 aliphatic heterocycles. The number of aliphatic hydroxyl groups is 1. The summed E-state index contributed by atoms with van der Waals surface area (Å²) in [5.74, 6) is 1.54. The number of aromatic nitrogens is 1. The first kappa shape index (κ1) is 44.0. The van der Waals surface area contributed by atoms with Crippen LogP contribution >= 0.6 is 11.6 Å². The average Bonchev–Trinajstić information content (AvgIpc) is 3.70. The number of likely N-dealkylation sites (tertiary alicyclic amines) is 2. The van der Waals surface area contributed by atoms with Crippen molar-refractivity contribution in [2.75, 3.05) is 32.8 Å². The Labute approximate surface area is 366 Å². The van der Waals surface area contributed by atoms with E-state index in [0.717, 1.165) is 84.4 Å². The van der Waals surface area contributed by atoms with Crippen molar-refractivity contribution in [1.29, 1.82) is 5.26 Å². The predicted octanol–water partition coefficient (Wildman–Crippen LogP) is 8.75. The summed E-state index contributed by atoms with van der Waals surface area (Å²) in [6.45, 7) is 8.59. The highest BCUT2D eigenvalue weighted by molar-refractivity contribution is 6.32. The van der Waals surface area contributed by atoms with Crippen molar-refractivity contribution in [2.24, 2.45) is 0 Å². The largest absolute Gasteiger partial charge is 0.493 e. The maximum atomic E-state index is 13.5. The van der Waals surface area contributed by atoms with Gasteiger partial charge in [0.2, 0.25) is 0 Å². The molecule has 14 heteroatoms. The highest BCUT2D eigenvalue weighted by atomic mass is 35.5. The minimum atomic E-state index is -0.570. The van der Waals surface area contributed by atoms with Gasteiger partial charge in [0.1, 0.15) is 48.3 Å². The molecule has 2 aliphatic rings. The molecule has 2 atom stereocenters. The lowest BCUT2D eigenvalue weighted by Crippen LogP contribution is -2.46.